The second kappa shape index (κ2) is 9.15. The topological polar surface area (TPSA) is 66.8 Å². The van der Waals surface area contributed by atoms with Gasteiger partial charge in [0.2, 0.25) is 5.91 Å². The summed E-state index contributed by atoms with van der Waals surface area (Å²) in [6.07, 6.45) is 6.89. The van der Waals surface area contributed by atoms with E-state index in [1.807, 2.05) is 17.9 Å². The highest BCUT2D eigenvalue weighted by atomic mass is 32.1. The molecule has 0 spiro atoms. The summed E-state index contributed by atoms with van der Waals surface area (Å²) in [7, 11) is 0. The first-order valence-electron chi connectivity index (χ1n) is 12.1. The van der Waals surface area contributed by atoms with E-state index in [0.29, 0.717) is 18.8 Å². The minimum atomic E-state index is -0.906. The monoisotopic (exact) mass is 458 g/mol. The van der Waals surface area contributed by atoms with Gasteiger partial charge in [-0.15, -0.1) is 11.3 Å². The average Bonchev–Trinajstić information content (AvgIpc) is 3.29. The Morgan fingerprint density at radius 1 is 1.19 bits per heavy atom. The SMILES string of the molecule is CC1(C(=O)NC2CCCCCC2)Cn2c(cc3sccc32)C(=O)N1CCN1CCOCC1. The van der Waals surface area contributed by atoms with Gasteiger partial charge in [0.05, 0.1) is 30.0 Å². The number of hydrogen-bond donors (Lipinski definition) is 1. The van der Waals surface area contributed by atoms with Crippen LogP contribution < -0.4 is 5.32 Å². The Labute approximate surface area is 193 Å². The van der Waals surface area contributed by atoms with E-state index >= 15 is 0 Å². The predicted octanol–water partition coefficient (Wildman–Crippen LogP) is 3.09. The quantitative estimate of drug-likeness (QED) is 0.700. The van der Waals surface area contributed by atoms with Crippen LogP contribution in [0.1, 0.15) is 55.9 Å². The summed E-state index contributed by atoms with van der Waals surface area (Å²) in [5.74, 6) is -0.0473. The zero-order chi connectivity index (χ0) is 22.1. The molecule has 2 aromatic heterocycles. The fraction of sp³-hybridized carbons (Fsp3) is 0.667. The number of nitrogens with zero attached hydrogens (tertiary/aromatic N) is 3. The zero-order valence-electron chi connectivity index (χ0n) is 19.0. The molecule has 4 heterocycles. The third kappa shape index (κ3) is 4.08. The fourth-order valence-corrected chi connectivity index (χ4v) is 6.28. The molecule has 8 heteroatoms. The minimum absolute atomic E-state index is 0.0116. The van der Waals surface area contributed by atoms with E-state index in [9.17, 15) is 9.59 Å². The molecule has 0 bridgehead atoms. The van der Waals surface area contributed by atoms with Gasteiger partial charge < -0.3 is 19.5 Å². The molecule has 1 atom stereocenters. The summed E-state index contributed by atoms with van der Waals surface area (Å²) < 4.78 is 8.64. The van der Waals surface area contributed by atoms with Crippen molar-refractivity contribution in [2.75, 3.05) is 39.4 Å². The normalized spacial score (nSPS) is 25.7. The standard InChI is InChI=1S/C24H34N4O3S/c1-24(23(30)25-18-6-4-2-3-5-7-18)17-27-19-8-15-32-21(19)16-20(27)22(29)28(24)10-9-26-11-13-31-14-12-26/h8,15-16,18H,2-7,9-14,17H2,1H3,(H,25,30). The number of thiophene rings is 1. The number of rotatable bonds is 5. The molecular formula is C24H34N4O3S. The van der Waals surface area contributed by atoms with Crippen LogP contribution in [0, 0.1) is 0 Å². The highest BCUT2D eigenvalue weighted by Crippen LogP contribution is 2.34. The van der Waals surface area contributed by atoms with E-state index in [1.54, 1.807) is 11.3 Å². The Morgan fingerprint density at radius 2 is 1.94 bits per heavy atom. The average molecular weight is 459 g/mol. The van der Waals surface area contributed by atoms with Crippen LogP contribution >= 0.6 is 11.3 Å². The molecule has 0 aromatic carbocycles. The molecular weight excluding hydrogens is 424 g/mol. The van der Waals surface area contributed by atoms with E-state index in [0.717, 1.165) is 55.9 Å². The summed E-state index contributed by atoms with van der Waals surface area (Å²) in [6, 6.07) is 4.27. The first-order chi connectivity index (χ1) is 15.6. The number of carbonyl (C=O) groups excluding carboxylic acids is 2. The predicted molar refractivity (Wildman–Crippen MR) is 126 cm³/mol. The van der Waals surface area contributed by atoms with E-state index in [-0.39, 0.29) is 17.9 Å². The lowest BCUT2D eigenvalue weighted by molar-refractivity contribution is -0.133. The highest BCUT2D eigenvalue weighted by Gasteiger charge is 2.48. The number of ether oxygens (including phenoxy) is 1. The molecule has 3 aliphatic rings. The summed E-state index contributed by atoms with van der Waals surface area (Å²) in [5, 5.41) is 5.40. The Balaban J connectivity index is 1.42. The van der Waals surface area contributed by atoms with Gasteiger partial charge in [0.15, 0.2) is 0 Å². The zero-order valence-corrected chi connectivity index (χ0v) is 19.8. The van der Waals surface area contributed by atoms with E-state index in [4.69, 9.17) is 4.74 Å². The molecule has 32 heavy (non-hydrogen) atoms. The van der Waals surface area contributed by atoms with Crippen LogP contribution in [-0.4, -0.2) is 77.2 Å². The van der Waals surface area contributed by atoms with Gasteiger partial charge >= 0.3 is 0 Å². The molecule has 1 unspecified atom stereocenters. The van der Waals surface area contributed by atoms with Crippen molar-refractivity contribution in [3.05, 3.63) is 23.2 Å². The van der Waals surface area contributed by atoms with Crippen molar-refractivity contribution in [2.45, 2.75) is 63.6 Å². The van der Waals surface area contributed by atoms with Crippen LogP contribution in [0.15, 0.2) is 17.5 Å². The summed E-state index contributed by atoms with van der Waals surface area (Å²) in [6.45, 7) is 6.97. The summed E-state index contributed by atoms with van der Waals surface area (Å²) in [4.78, 5) is 31.6. The van der Waals surface area contributed by atoms with Crippen molar-refractivity contribution in [3.63, 3.8) is 0 Å². The summed E-state index contributed by atoms with van der Waals surface area (Å²) >= 11 is 1.65. The fourth-order valence-electron chi connectivity index (χ4n) is 5.45. The van der Waals surface area contributed by atoms with Gasteiger partial charge in [-0.1, -0.05) is 25.7 Å². The van der Waals surface area contributed by atoms with Crippen LogP contribution in [0.3, 0.4) is 0 Å². The van der Waals surface area contributed by atoms with E-state index in [2.05, 4.69) is 26.2 Å². The van der Waals surface area contributed by atoms with Crippen molar-refractivity contribution < 1.29 is 14.3 Å². The second-order valence-corrected chi connectivity index (χ2v) is 10.6. The third-order valence-electron chi connectivity index (χ3n) is 7.47. The molecule has 2 amide bonds. The van der Waals surface area contributed by atoms with Gasteiger partial charge in [0.1, 0.15) is 11.2 Å². The Bertz CT molecular complexity index is 971. The third-order valence-corrected chi connectivity index (χ3v) is 8.32. The highest BCUT2D eigenvalue weighted by molar-refractivity contribution is 7.17. The molecule has 7 nitrogen and oxygen atoms in total. The Hall–Kier alpha value is -1.90. The lowest BCUT2D eigenvalue weighted by atomic mass is 9.93. The van der Waals surface area contributed by atoms with Gasteiger partial charge in [0, 0.05) is 32.2 Å². The van der Waals surface area contributed by atoms with Crippen LogP contribution in [0.2, 0.25) is 0 Å². The molecule has 1 saturated carbocycles. The first kappa shape index (κ1) is 21.9. The lowest BCUT2D eigenvalue weighted by Gasteiger charge is -2.45. The number of nitrogens with one attached hydrogen (secondary N) is 1. The number of hydrogen-bond acceptors (Lipinski definition) is 5. The Morgan fingerprint density at radius 3 is 2.69 bits per heavy atom. The molecule has 1 N–H and O–H groups in total. The van der Waals surface area contributed by atoms with E-state index < -0.39 is 5.54 Å². The smallest absolute Gasteiger partial charge is 0.271 e. The summed E-state index contributed by atoms with van der Waals surface area (Å²) in [5.41, 5.74) is 0.851. The van der Waals surface area contributed by atoms with Gasteiger partial charge in [-0.25, -0.2) is 0 Å². The van der Waals surface area contributed by atoms with Crippen molar-refractivity contribution in [1.29, 1.82) is 0 Å². The van der Waals surface area contributed by atoms with Crippen molar-refractivity contribution in [1.82, 2.24) is 19.7 Å². The number of morpholine rings is 1. The number of fused-ring (bicyclic) bond motifs is 3. The minimum Gasteiger partial charge on any atom is -0.379 e. The molecule has 5 rings (SSSR count). The van der Waals surface area contributed by atoms with Gasteiger partial charge in [-0.3, -0.25) is 14.5 Å². The van der Waals surface area contributed by atoms with Crippen molar-refractivity contribution in [3.8, 4) is 0 Å². The maximum Gasteiger partial charge on any atom is 0.271 e. The van der Waals surface area contributed by atoms with E-state index in [1.165, 1.54) is 25.7 Å². The molecule has 2 aliphatic heterocycles. The van der Waals surface area contributed by atoms with Gasteiger partial charge in [0.25, 0.3) is 5.91 Å². The van der Waals surface area contributed by atoms with Gasteiger partial charge in [-0.2, -0.15) is 0 Å². The molecule has 2 aromatic rings. The molecule has 174 valence electrons. The van der Waals surface area contributed by atoms with Crippen LogP contribution in [0.4, 0.5) is 0 Å². The first-order valence-corrected chi connectivity index (χ1v) is 12.9. The van der Waals surface area contributed by atoms with Crippen molar-refractivity contribution >= 4 is 33.4 Å². The number of amides is 2. The maximum atomic E-state index is 13.8. The molecule has 1 saturated heterocycles. The number of carbonyl (C=O) groups is 2. The van der Waals surface area contributed by atoms with Crippen LogP contribution in [0.5, 0.6) is 0 Å². The second-order valence-electron chi connectivity index (χ2n) is 9.63. The van der Waals surface area contributed by atoms with Crippen LogP contribution in [-0.2, 0) is 16.1 Å². The lowest BCUT2D eigenvalue weighted by Crippen LogP contribution is -2.65. The Kier molecular flexibility index (Phi) is 6.27. The number of aromatic nitrogens is 1. The van der Waals surface area contributed by atoms with Gasteiger partial charge in [-0.05, 0) is 37.3 Å². The van der Waals surface area contributed by atoms with Crippen LogP contribution in [0.25, 0.3) is 10.2 Å². The van der Waals surface area contributed by atoms with Crippen molar-refractivity contribution in [2.24, 2.45) is 0 Å². The largest absolute Gasteiger partial charge is 0.379 e. The maximum absolute atomic E-state index is 13.8. The molecule has 2 fully saturated rings. The molecule has 0 radical (unpaired) electrons. The molecule has 1 aliphatic carbocycles.